The number of benzene rings is 2. The van der Waals surface area contributed by atoms with Gasteiger partial charge in [-0.25, -0.2) is 0 Å². The Hall–Kier alpha value is -2.20. The van der Waals surface area contributed by atoms with Gasteiger partial charge in [-0.2, -0.15) is 0 Å². The molecule has 0 unspecified atom stereocenters. The van der Waals surface area contributed by atoms with E-state index in [4.69, 9.17) is 0 Å². The van der Waals surface area contributed by atoms with Gasteiger partial charge in [0.15, 0.2) is 0 Å². The number of piperazine rings is 1. The Bertz CT molecular complexity index is 604. The average molecular weight is 296 g/mol. The Balaban J connectivity index is 1.90. The smallest absolute Gasteiger partial charge is 0.0642 e. The Morgan fingerprint density at radius 3 is 2.41 bits per heavy atom. The van der Waals surface area contributed by atoms with Gasteiger partial charge in [-0.1, -0.05) is 18.2 Å². The monoisotopic (exact) mass is 296 g/mol. The van der Waals surface area contributed by atoms with E-state index in [-0.39, 0.29) is 0 Å². The van der Waals surface area contributed by atoms with E-state index >= 15 is 0 Å². The topological polar surface area (TPSA) is 30.5 Å². The fourth-order valence-electron chi connectivity index (χ4n) is 2.81. The maximum absolute atomic E-state index is 3.55. The molecule has 2 aromatic carbocycles. The van der Waals surface area contributed by atoms with Crippen molar-refractivity contribution < 1.29 is 0 Å². The fraction of sp³-hybridized carbons (Fsp3) is 0.333. The summed E-state index contributed by atoms with van der Waals surface area (Å²) in [6.45, 7) is 4.23. The van der Waals surface area contributed by atoms with E-state index in [0.29, 0.717) is 0 Å². The molecule has 1 aliphatic heterocycles. The van der Waals surface area contributed by atoms with Crippen molar-refractivity contribution in [3.8, 4) is 0 Å². The number of nitrogens with one attached hydrogen (secondary N) is 2. The van der Waals surface area contributed by atoms with Gasteiger partial charge in [0, 0.05) is 51.6 Å². The van der Waals surface area contributed by atoms with E-state index in [1.54, 1.807) is 0 Å². The highest BCUT2D eigenvalue weighted by molar-refractivity contribution is 5.79. The normalized spacial score (nSPS) is 14.7. The zero-order chi connectivity index (χ0) is 15.4. The van der Waals surface area contributed by atoms with Crippen molar-refractivity contribution >= 4 is 22.7 Å². The summed E-state index contributed by atoms with van der Waals surface area (Å²) >= 11 is 0. The summed E-state index contributed by atoms with van der Waals surface area (Å²) in [5, 5.41) is 6.95. The van der Waals surface area contributed by atoms with Gasteiger partial charge in [0.05, 0.1) is 11.4 Å². The molecule has 0 aromatic heterocycles. The molecule has 1 aliphatic rings. The molecule has 3 rings (SSSR count). The van der Waals surface area contributed by atoms with Crippen LogP contribution < -0.4 is 20.4 Å². The zero-order valence-corrected chi connectivity index (χ0v) is 13.3. The van der Waals surface area contributed by atoms with Crippen LogP contribution in [0.3, 0.4) is 0 Å². The molecule has 0 bridgehead atoms. The maximum Gasteiger partial charge on any atom is 0.0642 e. The number of anilines is 4. The minimum Gasteiger partial charge on any atom is -0.376 e. The third kappa shape index (κ3) is 3.34. The fourth-order valence-corrected chi connectivity index (χ4v) is 2.81. The third-order valence-electron chi connectivity index (χ3n) is 4.00. The molecule has 0 amide bonds. The molecule has 22 heavy (non-hydrogen) atoms. The van der Waals surface area contributed by atoms with Crippen LogP contribution >= 0.6 is 0 Å². The van der Waals surface area contributed by atoms with Crippen LogP contribution in [-0.4, -0.2) is 40.3 Å². The average Bonchev–Trinajstić information content (AvgIpc) is 2.56. The van der Waals surface area contributed by atoms with Crippen molar-refractivity contribution in [3.63, 3.8) is 0 Å². The van der Waals surface area contributed by atoms with Crippen molar-refractivity contribution in [2.24, 2.45) is 0 Å². The van der Waals surface area contributed by atoms with E-state index in [9.17, 15) is 0 Å². The van der Waals surface area contributed by atoms with Gasteiger partial charge in [0.25, 0.3) is 0 Å². The SMILES string of the molecule is CN(C)c1ccc(N2CCNCC2)cc1Nc1ccccc1. The van der Waals surface area contributed by atoms with Crippen molar-refractivity contribution in [3.05, 3.63) is 48.5 Å². The van der Waals surface area contributed by atoms with Gasteiger partial charge in [-0.3, -0.25) is 0 Å². The first-order valence-corrected chi connectivity index (χ1v) is 7.83. The second-order valence-electron chi connectivity index (χ2n) is 5.82. The molecule has 1 fully saturated rings. The molecule has 0 aliphatic carbocycles. The van der Waals surface area contributed by atoms with Gasteiger partial charge in [0.1, 0.15) is 0 Å². The Kier molecular flexibility index (Phi) is 4.49. The van der Waals surface area contributed by atoms with Crippen LogP contribution in [0, 0.1) is 0 Å². The quantitative estimate of drug-likeness (QED) is 0.908. The molecule has 1 saturated heterocycles. The second-order valence-corrected chi connectivity index (χ2v) is 5.82. The molecule has 2 aromatic rings. The minimum absolute atomic E-state index is 1.05. The van der Waals surface area contributed by atoms with E-state index in [1.165, 1.54) is 11.4 Å². The van der Waals surface area contributed by atoms with Gasteiger partial charge < -0.3 is 20.4 Å². The first-order valence-electron chi connectivity index (χ1n) is 7.83. The van der Waals surface area contributed by atoms with Crippen LogP contribution in [0.1, 0.15) is 0 Å². The Labute approximate surface area is 132 Å². The van der Waals surface area contributed by atoms with Crippen LogP contribution in [-0.2, 0) is 0 Å². The number of rotatable bonds is 4. The van der Waals surface area contributed by atoms with Gasteiger partial charge >= 0.3 is 0 Å². The van der Waals surface area contributed by atoms with E-state index in [2.05, 4.69) is 77.0 Å². The first-order chi connectivity index (χ1) is 10.7. The molecule has 0 radical (unpaired) electrons. The van der Waals surface area contributed by atoms with Crippen LogP contribution in [0.25, 0.3) is 0 Å². The van der Waals surface area contributed by atoms with Crippen LogP contribution in [0.5, 0.6) is 0 Å². The Morgan fingerprint density at radius 2 is 1.73 bits per heavy atom. The highest BCUT2D eigenvalue weighted by Gasteiger charge is 2.13. The number of para-hydroxylation sites is 1. The molecule has 0 saturated carbocycles. The zero-order valence-electron chi connectivity index (χ0n) is 13.3. The molecule has 0 atom stereocenters. The van der Waals surface area contributed by atoms with Gasteiger partial charge in [0.2, 0.25) is 0 Å². The summed E-state index contributed by atoms with van der Waals surface area (Å²) in [7, 11) is 4.16. The summed E-state index contributed by atoms with van der Waals surface area (Å²) in [5.74, 6) is 0. The highest BCUT2D eigenvalue weighted by atomic mass is 15.2. The van der Waals surface area contributed by atoms with Crippen LogP contribution in [0.4, 0.5) is 22.7 Å². The minimum atomic E-state index is 1.05. The maximum atomic E-state index is 3.55. The first kappa shape index (κ1) is 14.7. The number of hydrogen-bond donors (Lipinski definition) is 2. The summed E-state index contributed by atoms with van der Waals surface area (Å²) in [6.07, 6.45) is 0. The molecule has 4 nitrogen and oxygen atoms in total. The summed E-state index contributed by atoms with van der Waals surface area (Å²) in [4.78, 5) is 4.58. The summed E-state index contributed by atoms with van der Waals surface area (Å²) < 4.78 is 0. The van der Waals surface area contributed by atoms with Gasteiger partial charge in [-0.05, 0) is 30.3 Å². The molecule has 1 heterocycles. The van der Waals surface area contributed by atoms with Crippen molar-refractivity contribution in [1.82, 2.24) is 5.32 Å². The lowest BCUT2D eigenvalue weighted by atomic mass is 10.2. The van der Waals surface area contributed by atoms with Gasteiger partial charge in [-0.15, -0.1) is 0 Å². The van der Waals surface area contributed by atoms with Crippen LogP contribution in [0.2, 0.25) is 0 Å². The molecule has 0 spiro atoms. The van der Waals surface area contributed by atoms with Crippen LogP contribution in [0.15, 0.2) is 48.5 Å². The summed E-state index contributed by atoms with van der Waals surface area (Å²) in [6, 6.07) is 17.0. The van der Waals surface area contributed by atoms with E-state index in [0.717, 1.165) is 37.6 Å². The lowest BCUT2D eigenvalue weighted by molar-refractivity contribution is 0.589. The molecular weight excluding hydrogens is 272 g/mol. The lowest BCUT2D eigenvalue weighted by Gasteiger charge is -2.30. The predicted molar refractivity (Wildman–Crippen MR) is 95.6 cm³/mol. The van der Waals surface area contributed by atoms with Crippen molar-refractivity contribution in [2.75, 3.05) is 55.4 Å². The molecule has 116 valence electrons. The van der Waals surface area contributed by atoms with E-state index in [1.807, 2.05) is 6.07 Å². The van der Waals surface area contributed by atoms with E-state index < -0.39 is 0 Å². The highest BCUT2D eigenvalue weighted by Crippen LogP contribution is 2.32. The summed E-state index contributed by atoms with van der Waals surface area (Å²) in [5.41, 5.74) is 4.74. The standard InChI is InChI=1S/C18H24N4/c1-21(2)18-9-8-16(22-12-10-19-11-13-22)14-17(18)20-15-6-4-3-5-7-15/h3-9,14,19-20H,10-13H2,1-2H3. The number of nitrogens with zero attached hydrogens (tertiary/aromatic N) is 2. The third-order valence-corrected chi connectivity index (χ3v) is 4.00. The Morgan fingerprint density at radius 1 is 1.00 bits per heavy atom. The lowest BCUT2D eigenvalue weighted by Crippen LogP contribution is -2.43. The molecular formula is C18H24N4. The number of hydrogen-bond acceptors (Lipinski definition) is 4. The van der Waals surface area contributed by atoms with Crippen molar-refractivity contribution in [2.45, 2.75) is 0 Å². The predicted octanol–water partition coefficient (Wildman–Crippen LogP) is 2.91. The van der Waals surface area contributed by atoms with Crippen molar-refractivity contribution in [1.29, 1.82) is 0 Å². The molecule has 4 heteroatoms. The second kappa shape index (κ2) is 6.71. The largest absolute Gasteiger partial charge is 0.376 e. The molecule has 2 N–H and O–H groups in total.